The highest BCUT2D eigenvalue weighted by Gasteiger charge is 2.25. The average Bonchev–Trinajstić information content (AvgIpc) is 3.83. The van der Waals surface area contributed by atoms with E-state index >= 15 is 0 Å². The number of benzene rings is 7. The first kappa shape index (κ1) is 28.9. The van der Waals surface area contributed by atoms with Gasteiger partial charge in [0.25, 0.3) is 17.7 Å². The molecule has 0 atom stereocenters. The molecule has 0 aliphatic heterocycles. The maximum absolute atomic E-state index is 14.8. The highest BCUT2D eigenvalue weighted by atomic mass is 16.2. The lowest BCUT2D eigenvalue weighted by Crippen LogP contribution is -2.19. The highest BCUT2D eigenvalue weighted by molar-refractivity contribution is 6.21. The second-order valence-electron chi connectivity index (χ2n) is 12.8. The topological polar surface area (TPSA) is 66.0 Å². The predicted molar refractivity (Wildman–Crippen MR) is 204 cm³/mol. The molecule has 0 saturated carbocycles. The van der Waals surface area contributed by atoms with Crippen LogP contribution in [0.5, 0.6) is 0 Å². The molecule has 3 aromatic heterocycles. The largest absolute Gasteiger partial charge is 0.276 e. The second-order valence-corrected chi connectivity index (χ2v) is 12.8. The number of fused-ring (bicyclic) bond motifs is 9. The van der Waals surface area contributed by atoms with E-state index < -0.39 is 0 Å². The smallest absolute Gasteiger partial charge is 0.262 e. The highest BCUT2D eigenvalue weighted by Crippen LogP contribution is 2.34. The van der Waals surface area contributed by atoms with Gasteiger partial charge in [0.15, 0.2) is 0 Å². The number of hydrogen-bond donors (Lipinski definition) is 0. The molecule has 0 N–H and O–H groups in total. The Labute approximate surface area is 291 Å². The summed E-state index contributed by atoms with van der Waals surface area (Å²) < 4.78 is 5.05. The minimum absolute atomic E-state index is 0.234. The molecule has 10 aromatic rings. The molecule has 6 nitrogen and oxygen atoms in total. The number of carbonyl (C=O) groups excluding carboxylic acids is 3. The van der Waals surface area contributed by atoms with E-state index in [-0.39, 0.29) is 34.4 Å². The molecule has 0 fully saturated rings. The summed E-state index contributed by atoms with van der Waals surface area (Å²) in [6.45, 7) is 0. The zero-order valence-electron chi connectivity index (χ0n) is 27.2. The van der Waals surface area contributed by atoms with Gasteiger partial charge in [-0.1, -0.05) is 109 Å². The van der Waals surface area contributed by atoms with Crippen LogP contribution < -0.4 is 0 Å². The van der Waals surface area contributed by atoms with Gasteiger partial charge in [-0.15, -0.1) is 0 Å². The lowest BCUT2D eigenvalue weighted by Gasteiger charge is -2.13. The van der Waals surface area contributed by atoms with E-state index in [4.69, 9.17) is 0 Å². The van der Waals surface area contributed by atoms with Gasteiger partial charge in [-0.2, -0.15) is 0 Å². The minimum Gasteiger partial charge on any atom is -0.276 e. The van der Waals surface area contributed by atoms with Crippen LogP contribution in [0, 0.1) is 0 Å². The summed E-state index contributed by atoms with van der Waals surface area (Å²) in [7, 11) is 0. The third-order valence-corrected chi connectivity index (χ3v) is 10.0. The summed E-state index contributed by atoms with van der Waals surface area (Å²) in [5.74, 6) is -0.998. The van der Waals surface area contributed by atoms with Crippen molar-refractivity contribution in [3.05, 3.63) is 180 Å². The van der Waals surface area contributed by atoms with Gasteiger partial charge in [0.1, 0.15) is 0 Å². The zero-order chi connectivity index (χ0) is 34.2. The lowest BCUT2D eigenvalue weighted by atomic mass is 10.0. The van der Waals surface area contributed by atoms with E-state index in [1.165, 1.54) is 0 Å². The van der Waals surface area contributed by atoms with Gasteiger partial charge in [-0.05, 0) is 54.6 Å². The van der Waals surface area contributed by atoms with Crippen molar-refractivity contribution in [1.82, 2.24) is 13.7 Å². The number of para-hydroxylation sites is 6. The Morgan fingerprint density at radius 1 is 0.275 bits per heavy atom. The first-order valence-electron chi connectivity index (χ1n) is 16.8. The summed E-state index contributed by atoms with van der Waals surface area (Å²) in [4.78, 5) is 44.5. The van der Waals surface area contributed by atoms with Crippen LogP contribution in [-0.2, 0) is 0 Å². The number of carbonyl (C=O) groups is 3. The van der Waals surface area contributed by atoms with E-state index in [0.717, 1.165) is 65.4 Å². The van der Waals surface area contributed by atoms with Crippen molar-refractivity contribution in [2.24, 2.45) is 0 Å². The Kier molecular flexibility index (Phi) is 6.23. The Morgan fingerprint density at radius 3 is 0.647 bits per heavy atom. The predicted octanol–water partition coefficient (Wildman–Crippen LogP) is 10.1. The first-order chi connectivity index (χ1) is 25.1. The summed E-state index contributed by atoms with van der Waals surface area (Å²) in [5.41, 5.74) is 5.19. The third kappa shape index (κ3) is 4.20. The Balaban J connectivity index is 1.23. The summed E-state index contributed by atoms with van der Waals surface area (Å²) >= 11 is 0. The molecule has 0 bridgehead atoms. The molecule has 7 aromatic carbocycles. The SMILES string of the molecule is O=C(c1cc(C(=O)n2c3ccccc3c3ccccc32)cc(C(=O)n2c3ccccc3c3ccccc32)c1)n1c2ccccc2c2ccccc21. The zero-order valence-corrected chi connectivity index (χ0v) is 27.2. The molecule has 0 aliphatic rings. The van der Waals surface area contributed by atoms with E-state index in [1.807, 2.05) is 146 Å². The fraction of sp³-hybridized carbons (Fsp3) is 0. The number of rotatable bonds is 3. The van der Waals surface area contributed by atoms with Crippen molar-refractivity contribution in [3.8, 4) is 0 Å². The summed E-state index contributed by atoms with van der Waals surface area (Å²) in [6.07, 6.45) is 0. The standard InChI is InChI=1S/C45H27N3O3/c49-43(46-37-19-7-1-13-31(37)32-14-2-8-20-38(32)46)28-25-29(44(50)47-39-21-9-3-15-33(39)34-16-4-10-22-40(34)47)27-30(26-28)45(51)48-41-23-11-5-17-35(41)36-18-6-12-24-42(36)48/h1-27H. The fourth-order valence-electron chi connectivity index (χ4n) is 7.81. The van der Waals surface area contributed by atoms with Crippen LogP contribution in [0.1, 0.15) is 31.1 Å². The molecule has 0 radical (unpaired) electrons. The average molecular weight is 658 g/mol. The molecule has 0 amide bonds. The fourth-order valence-corrected chi connectivity index (χ4v) is 7.81. The van der Waals surface area contributed by atoms with E-state index in [1.54, 1.807) is 31.9 Å². The second kappa shape index (κ2) is 11.0. The van der Waals surface area contributed by atoms with Gasteiger partial charge in [-0.3, -0.25) is 28.1 Å². The molecule has 0 saturated heterocycles. The molecular weight excluding hydrogens is 631 g/mol. The van der Waals surface area contributed by atoms with Crippen LogP contribution in [-0.4, -0.2) is 31.4 Å². The van der Waals surface area contributed by atoms with Gasteiger partial charge < -0.3 is 0 Å². The van der Waals surface area contributed by atoms with Crippen LogP contribution in [0.4, 0.5) is 0 Å². The van der Waals surface area contributed by atoms with Crippen molar-refractivity contribution in [3.63, 3.8) is 0 Å². The first-order valence-corrected chi connectivity index (χ1v) is 16.8. The maximum Gasteiger partial charge on any atom is 0.262 e. The summed E-state index contributed by atoms with van der Waals surface area (Å²) in [6, 6.07) is 51.6. The van der Waals surface area contributed by atoms with Crippen molar-refractivity contribution in [1.29, 1.82) is 0 Å². The molecule has 0 unspecified atom stereocenters. The van der Waals surface area contributed by atoms with Crippen molar-refractivity contribution in [2.75, 3.05) is 0 Å². The van der Waals surface area contributed by atoms with Crippen molar-refractivity contribution in [2.45, 2.75) is 0 Å². The van der Waals surface area contributed by atoms with E-state index in [2.05, 4.69) is 0 Å². The van der Waals surface area contributed by atoms with E-state index in [0.29, 0.717) is 0 Å². The normalized spacial score (nSPS) is 11.8. The van der Waals surface area contributed by atoms with Gasteiger partial charge in [0, 0.05) is 49.0 Å². The third-order valence-electron chi connectivity index (χ3n) is 10.0. The Bertz CT molecular complexity index is 2600. The molecule has 3 heterocycles. The van der Waals surface area contributed by atoms with Crippen molar-refractivity contribution >= 4 is 83.1 Å². The molecule has 51 heavy (non-hydrogen) atoms. The molecule has 6 heteroatoms. The molecule has 0 spiro atoms. The Morgan fingerprint density at radius 2 is 0.451 bits per heavy atom. The van der Waals surface area contributed by atoms with Gasteiger partial charge in [-0.25, -0.2) is 0 Å². The maximum atomic E-state index is 14.8. The van der Waals surface area contributed by atoms with Crippen molar-refractivity contribution < 1.29 is 14.4 Å². The number of aromatic nitrogens is 3. The van der Waals surface area contributed by atoms with Crippen LogP contribution in [0.15, 0.2) is 164 Å². The van der Waals surface area contributed by atoms with Gasteiger partial charge >= 0.3 is 0 Å². The monoisotopic (exact) mass is 657 g/mol. The van der Waals surface area contributed by atoms with E-state index in [9.17, 15) is 14.4 Å². The van der Waals surface area contributed by atoms with Crippen LogP contribution in [0.3, 0.4) is 0 Å². The van der Waals surface area contributed by atoms with Gasteiger partial charge in [0.2, 0.25) is 0 Å². The molecule has 10 rings (SSSR count). The molecule has 0 aliphatic carbocycles. The number of hydrogen-bond acceptors (Lipinski definition) is 3. The van der Waals surface area contributed by atoms with Crippen LogP contribution >= 0.6 is 0 Å². The number of nitrogens with zero attached hydrogens (tertiary/aromatic N) is 3. The van der Waals surface area contributed by atoms with Crippen LogP contribution in [0.2, 0.25) is 0 Å². The minimum atomic E-state index is -0.333. The Hall–Kier alpha value is -7.05. The summed E-state index contributed by atoms with van der Waals surface area (Å²) in [5, 5.41) is 5.67. The lowest BCUT2D eigenvalue weighted by molar-refractivity contribution is 0.0968. The van der Waals surface area contributed by atoms with Crippen LogP contribution in [0.25, 0.3) is 65.4 Å². The quantitative estimate of drug-likeness (QED) is 0.190. The molecular formula is C45H27N3O3. The van der Waals surface area contributed by atoms with Gasteiger partial charge in [0.05, 0.1) is 33.1 Å². The molecule has 240 valence electrons.